The predicted octanol–water partition coefficient (Wildman–Crippen LogP) is 4.24. The molecule has 1 aromatic carbocycles. The molecule has 0 amide bonds. The molecule has 0 radical (unpaired) electrons. The molecule has 0 bridgehead atoms. The molecule has 5 heteroatoms. The van der Waals surface area contributed by atoms with Crippen LogP contribution in [0.1, 0.15) is 62.9 Å². The van der Waals surface area contributed by atoms with Crippen molar-refractivity contribution in [3.8, 4) is 17.2 Å². The fraction of sp³-hybridized carbons (Fsp3) is 0.476. The van der Waals surface area contributed by atoms with Crippen molar-refractivity contribution >= 4 is 5.78 Å². The summed E-state index contributed by atoms with van der Waals surface area (Å²) in [6.07, 6.45) is 2.84. The molecule has 0 heterocycles. The number of rotatable bonds is 9. The topological polar surface area (TPSA) is 98.0 Å². The minimum Gasteiger partial charge on any atom is -0.507 e. The van der Waals surface area contributed by atoms with Gasteiger partial charge in [-0.3, -0.25) is 4.79 Å². The van der Waals surface area contributed by atoms with Crippen LogP contribution in [-0.2, 0) is 6.42 Å². The Bertz CT molecular complexity index is 699. The van der Waals surface area contributed by atoms with Crippen molar-refractivity contribution in [3.05, 3.63) is 41.0 Å². The van der Waals surface area contributed by atoms with Crippen LogP contribution in [0.3, 0.4) is 0 Å². The van der Waals surface area contributed by atoms with Crippen molar-refractivity contribution in [2.75, 3.05) is 0 Å². The van der Waals surface area contributed by atoms with Crippen LogP contribution in [0.4, 0.5) is 0 Å². The van der Waals surface area contributed by atoms with Gasteiger partial charge in [0.2, 0.25) is 0 Å². The summed E-state index contributed by atoms with van der Waals surface area (Å²) in [5, 5.41) is 40.9. The molecule has 26 heavy (non-hydrogen) atoms. The lowest BCUT2D eigenvalue weighted by molar-refractivity contribution is 0.0921. The Morgan fingerprint density at radius 3 is 2.38 bits per heavy atom. The number of aliphatic hydroxyl groups excluding tert-OH is 1. The first-order valence-corrected chi connectivity index (χ1v) is 8.90. The normalized spacial score (nSPS) is 13.1. The standard InChI is InChI=1S/C21H30O5/c1-6-13(4)20(25)19-18(24)11-17(23)15(21(19)26)10-16(22)14(5)9-7-8-12(2)3/h8,11,13,16,22-24,26H,5-7,9-10H2,1-4H3/t13-,16+/m0/s1. The summed E-state index contributed by atoms with van der Waals surface area (Å²) >= 11 is 0. The lowest BCUT2D eigenvalue weighted by atomic mass is 9.91. The third-order valence-corrected chi connectivity index (χ3v) is 4.55. The van der Waals surface area contributed by atoms with E-state index < -0.39 is 23.4 Å². The quantitative estimate of drug-likeness (QED) is 0.389. The van der Waals surface area contributed by atoms with E-state index in [4.69, 9.17) is 0 Å². The molecule has 2 atom stereocenters. The first kappa shape index (κ1) is 21.8. The van der Waals surface area contributed by atoms with Crippen molar-refractivity contribution < 1.29 is 25.2 Å². The average Bonchev–Trinajstić information content (AvgIpc) is 2.56. The van der Waals surface area contributed by atoms with E-state index in [1.807, 2.05) is 26.8 Å². The summed E-state index contributed by atoms with van der Waals surface area (Å²) in [7, 11) is 0. The molecule has 5 nitrogen and oxygen atoms in total. The summed E-state index contributed by atoms with van der Waals surface area (Å²) in [4.78, 5) is 12.4. The fourth-order valence-electron chi connectivity index (χ4n) is 2.61. The number of allylic oxidation sites excluding steroid dienone is 2. The lowest BCUT2D eigenvalue weighted by Crippen LogP contribution is -2.15. The van der Waals surface area contributed by atoms with Crippen LogP contribution in [0.5, 0.6) is 17.2 Å². The van der Waals surface area contributed by atoms with E-state index in [0.29, 0.717) is 18.4 Å². The van der Waals surface area contributed by atoms with E-state index in [9.17, 15) is 25.2 Å². The van der Waals surface area contributed by atoms with E-state index >= 15 is 0 Å². The second kappa shape index (κ2) is 9.43. The minimum atomic E-state index is -0.978. The molecule has 1 aromatic rings. The molecule has 0 saturated carbocycles. The Morgan fingerprint density at radius 2 is 1.85 bits per heavy atom. The SMILES string of the molecule is C=C(CCC=C(C)C)[C@H](O)Cc1c(O)cc(O)c(C(=O)[C@@H](C)CC)c1O. The highest BCUT2D eigenvalue weighted by Crippen LogP contribution is 2.40. The monoisotopic (exact) mass is 362 g/mol. The largest absolute Gasteiger partial charge is 0.507 e. The Hall–Kier alpha value is -2.27. The van der Waals surface area contributed by atoms with Crippen molar-refractivity contribution in [1.29, 1.82) is 0 Å². The van der Waals surface area contributed by atoms with Gasteiger partial charge in [0.05, 0.1) is 6.10 Å². The van der Waals surface area contributed by atoms with Gasteiger partial charge in [-0.1, -0.05) is 32.1 Å². The van der Waals surface area contributed by atoms with Gasteiger partial charge in [-0.25, -0.2) is 0 Å². The van der Waals surface area contributed by atoms with Crippen LogP contribution in [0.2, 0.25) is 0 Å². The maximum atomic E-state index is 12.4. The van der Waals surface area contributed by atoms with Crippen LogP contribution < -0.4 is 0 Å². The van der Waals surface area contributed by atoms with E-state index in [2.05, 4.69) is 6.58 Å². The molecule has 0 spiro atoms. The second-order valence-electron chi connectivity index (χ2n) is 6.99. The van der Waals surface area contributed by atoms with Crippen LogP contribution >= 0.6 is 0 Å². The lowest BCUT2D eigenvalue weighted by Gasteiger charge is -2.18. The molecular formula is C21H30O5. The van der Waals surface area contributed by atoms with Crippen LogP contribution in [0, 0.1) is 5.92 Å². The fourth-order valence-corrected chi connectivity index (χ4v) is 2.61. The van der Waals surface area contributed by atoms with Gasteiger partial charge >= 0.3 is 0 Å². The average molecular weight is 362 g/mol. The van der Waals surface area contributed by atoms with Crippen molar-refractivity contribution in [2.45, 2.75) is 59.5 Å². The molecule has 0 fully saturated rings. The van der Waals surface area contributed by atoms with E-state index in [-0.39, 0.29) is 29.2 Å². The highest BCUT2D eigenvalue weighted by molar-refractivity contribution is 6.03. The van der Waals surface area contributed by atoms with Crippen molar-refractivity contribution in [3.63, 3.8) is 0 Å². The van der Waals surface area contributed by atoms with Gasteiger partial charge in [0, 0.05) is 24.0 Å². The number of carbonyl (C=O) groups excluding carboxylic acids is 1. The van der Waals surface area contributed by atoms with Gasteiger partial charge in [-0.05, 0) is 38.7 Å². The molecule has 1 rings (SSSR count). The summed E-state index contributed by atoms with van der Waals surface area (Å²) in [6.45, 7) is 11.4. The Kier molecular flexibility index (Phi) is 7.90. The van der Waals surface area contributed by atoms with Crippen LogP contribution in [0.15, 0.2) is 29.9 Å². The minimum absolute atomic E-state index is 0.0327. The smallest absolute Gasteiger partial charge is 0.173 e. The van der Waals surface area contributed by atoms with Gasteiger partial charge < -0.3 is 20.4 Å². The first-order chi connectivity index (χ1) is 12.1. The third-order valence-electron chi connectivity index (χ3n) is 4.55. The molecule has 0 aliphatic heterocycles. The second-order valence-corrected chi connectivity index (χ2v) is 6.99. The number of phenolic OH excluding ortho intramolecular Hbond substituents is 3. The maximum Gasteiger partial charge on any atom is 0.173 e. The van der Waals surface area contributed by atoms with E-state index in [1.54, 1.807) is 6.92 Å². The van der Waals surface area contributed by atoms with E-state index in [1.165, 1.54) is 5.57 Å². The zero-order chi connectivity index (χ0) is 20.0. The molecule has 0 aromatic heterocycles. The summed E-state index contributed by atoms with van der Waals surface area (Å²) in [5.74, 6) is -2.10. The number of aromatic hydroxyl groups is 3. The molecule has 4 N–H and O–H groups in total. The third kappa shape index (κ3) is 5.36. The molecule has 0 saturated heterocycles. The maximum absolute atomic E-state index is 12.4. The molecule has 0 aliphatic rings. The zero-order valence-electron chi connectivity index (χ0n) is 16.0. The molecule has 0 aliphatic carbocycles. The number of aliphatic hydroxyl groups is 1. The first-order valence-electron chi connectivity index (χ1n) is 8.90. The number of hydrogen-bond donors (Lipinski definition) is 4. The highest BCUT2D eigenvalue weighted by Gasteiger charge is 2.26. The van der Waals surface area contributed by atoms with Gasteiger partial charge in [0.1, 0.15) is 22.8 Å². The highest BCUT2D eigenvalue weighted by atomic mass is 16.3. The number of hydrogen-bond acceptors (Lipinski definition) is 5. The number of benzene rings is 1. The van der Waals surface area contributed by atoms with Gasteiger partial charge in [0.15, 0.2) is 5.78 Å². The van der Waals surface area contributed by atoms with Gasteiger partial charge in [-0.2, -0.15) is 0 Å². The Balaban J connectivity index is 3.08. The molecule has 0 unspecified atom stereocenters. The summed E-state index contributed by atoms with van der Waals surface area (Å²) in [6, 6.07) is 1.03. The molecule has 144 valence electrons. The zero-order valence-corrected chi connectivity index (χ0v) is 16.0. The van der Waals surface area contributed by atoms with Crippen LogP contribution in [-0.4, -0.2) is 32.3 Å². The van der Waals surface area contributed by atoms with Crippen LogP contribution in [0.25, 0.3) is 0 Å². The van der Waals surface area contributed by atoms with Gasteiger partial charge in [0.25, 0.3) is 0 Å². The number of carbonyl (C=O) groups is 1. The summed E-state index contributed by atoms with van der Waals surface area (Å²) in [5.41, 5.74) is 1.57. The molecular weight excluding hydrogens is 332 g/mol. The summed E-state index contributed by atoms with van der Waals surface area (Å²) < 4.78 is 0. The Morgan fingerprint density at radius 1 is 1.23 bits per heavy atom. The predicted molar refractivity (Wildman–Crippen MR) is 103 cm³/mol. The van der Waals surface area contributed by atoms with Crippen molar-refractivity contribution in [1.82, 2.24) is 0 Å². The Labute approximate surface area is 155 Å². The number of Topliss-reactive ketones (excluding diaryl/α,β-unsaturated/α-hetero) is 1. The van der Waals surface area contributed by atoms with Crippen molar-refractivity contribution in [2.24, 2.45) is 5.92 Å². The van der Waals surface area contributed by atoms with E-state index in [0.717, 1.165) is 12.5 Å². The van der Waals surface area contributed by atoms with Gasteiger partial charge in [-0.15, -0.1) is 0 Å². The number of phenols is 3. The number of ketones is 1.